The van der Waals surface area contributed by atoms with E-state index in [0.717, 1.165) is 44.7 Å². The highest BCUT2D eigenvalue weighted by Crippen LogP contribution is 2.23. The van der Waals surface area contributed by atoms with Gasteiger partial charge in [0.25, 0.3) is 0 Å². The molecule has 2 fully saturated rings. The minimum Gasteiger partial charge on any atom is -0.371 e. The second kappa shape index (κ2) is 9.93. The summed E-state index contributed by atoms with van der Waals surface area (Å²) in [6.45, 7) is 7.83. The first-order chi connectivity index (χ1) is 13.1. The lowest BCUT2D eigenvalue weighted by atomic mass is 10.0. The molecule has 0 radical (unpaired) electrons. The van der Waals surface area contributed by atoms with Gasteiger partial charge in [-0.1, -0.05) is 6.42 Å². The third kappa shape index (κ3) is 6.09. The maximum atomic E-state index is 13.0. The number of anilines is 1. The second-order valence-corrected chi connectivity index (χ2v) is 7.95. The van der Waals surface area contributed by atoms with Gasteiger partial charge in [0.2, 0.25) is 0 Å². The molecule has 6 heteroatoms. The molecule has 0 bridgehead atoms. The molecule has 3 rings (SSSR count). The van der Waals surface area contributed by atoms with Crippen molar-refractivity contribution in [3.63, 3.8) is 0 Å². The van der Waals surface area contributed by atoms with Crippen molar-refractivity contribution in [2.75, 3.05) is 44.2 Å². The van der Waals surface area contributed by atoms with E-state index in [9.17, 15) is 9.18 Å². The Labute approximate surface area is 162 Å². The molecule has 27 heavy (non-hydrogen) atoms. The molecule has 0 aliphatic carbocycles. The van der Waals surface area contributed by atoms with Gasteiger partial charge in [0.05, 0.1) is 0 Å². The SMILES string of the molecule is C[C@H]1CCCCN1CCCNC(=O)NC[C@@H]1CCN(c2ccc(F)cc2)C1. The van der Waals surface area contributed by atoms with E-state index in [1.807, 2.05) is 12.1 Å². The summed E-state index contributed by atoms with van der Waals surface area (Å²) in [6.07, 6.45) is 5.99. The lowest BCUT2D eigenvalue weighted by Gasteiger charge is -2.33. The summed E-state index contributed by atoms with van der Waals surface area (Å²) in [5, 5.41) is 5.98. The number of hydrogen-bond acceptors (Lipinski definition) is 3. The van der Waals surface area contributed by atoms with Gasteiger partial charge in [-0.2, -0.15) is 0 Å². The van der Waals surface area contributed by atoms with Crippen LogP contribution in [0.15, 0.2) is 24.3 Å². The zero-order chi connectivity index (χ0) is 19.1. The summed E-state index contributed by atoms with van der Waals surface area (Å²) in [7, 11) is 0. The lowest BCUT2D eigenvalue weighted by Crippen LogP contribution is -2.41. The molecule has 5 nitrogen and oxygen atoms in total. The average molecular weight is 377 g/mol. The van der Waals surface area contributed by atoms with Gasteiger partial charge in [-0.15, -0.1) is 0 Å². The Hall–Kier alpha value is -1.82. The normalized spacial score (nSPS) is 23.4. The fraction of sp³-hybridized carbons (Fsp3) is 0.667. The van der Waals surface area contributed by atoms with Crippen LogP contribution in [0.25, 0.3) is 0 Å². The largest absolute Gasteiger partial charge is 0.371 e. The highest BCUT2D eigenvalue weighted by Gasteiger charge is 2.23. The van der Waals surface area contributed by atoms with Crippen molar-refractivity contribution in [2.45, 2.75) is 45.1 Å². The third-order valence-corrected chi connectivity index (χ3v) is 5.88. The summed E-state index contributed by atoms with van der Waals surface area (Å²) in [5.41, 5.74) is 1.05. The second-order valence-electron chi connectivity index (χ2n) is 7.95. The molecule has 2 saturated heterocycles. The van der Waals surface area contributed by atoms with Crippen LogP contribution >= 0.6 is 0 Å². The number of nitrogens with zero attached hydrogens (tertiary/aromatic N) is 2. The van der Waals surface area contributed by atoms with E-state index in [1.165, 1.54) is 37.9 Å². The Morgan fingerprint density at radius 1 is 1.15 bits per heavy atom. The minimum absolute atomic E-state index is 0.0677. The van der Waals surface area contributed by atoms with Gasteiger partial charge in [0, 0.05) is 44.5 Å². The van der Waals surface area contributed by atoms with E-state index >= 15 is 0 Å². The summed E-state index contributed by atoms with van der Waals surface area (Å²) >= 11 is 0. The molecular weight excluding hydrogens is 343 g/mol. The first-order valence-corrected chi connectivity index (χ1v) is 10.4. The summed E-state index contributed by atoms with van der Waals surface area (Å²) < 4.78 is 13.0. The van der Waals surface area contributed by atoms with Crippen molar-refractivity contribution in [1.82, 2.24) is 15.5 Å². The highest BCUT2D eigenvalue weighted by molar-refractivity contribution is 5.73. The zero-order valence-electron chi connectivity index (χ0n) is 16.4. The number of likely N-dealkylation sites (tertiary alicyclic amines) is 1. The number of carbonyl (C=O) groups is 1. The number of carbonyl (C=O) groups excluding carboxylic acids is 1. The Kier molecular flexibility index (Phi) is 7.33. The van der Waals surface area contributed by atoms with Gasteiger partial charge in [-0.05, 0) is 69.3 Å². The third-order valence-electron chi connectivity index (χ3n) is 5.88. The molecule has 2 heterocycles. The number of amides is 2. The van der Waals surface area contributed by atoms with Gasteiger partial charge < -0.3 is 20.4 Å². The van der Waals surface area contributed by atoms with E-state index in [0.29, 0.717) is 18.5 Å². The standard InChI is InChI=1S/C21H33FN4O/c1-17-5-2-3-12-25(17)13-4-11-23-21(27)24-15-18-10-14-26(16-18)20-8-6-19(22)7-9-20/h6-9,17-18H,2-5,10-16H2,1H3,(H2,23,24,27)/t17-,18-/m0/s1. The van der Waals surface area contributed by atoms with Crippen molar-refractivity contribution in [2.24, 2.45) is 5.92 Å². The monoisotopic (exact) mass is 376 g/mol. The highest BCUT2D eigenvalue weighted by atomic mass is 19.1. The lowest BCUT2D eigenvalue weighted by molar-refractivity contribution is 0.159. The number of piperidine rings is 1. The summed E-state index contributed by atoms with van der Waals surface area (Å²) in [5.74, 6) is 0.234. The molecule has 2 aliphatic heterocycles. The molecule has 0 spiro atoms. The number of rotatable bonds is 7. The van der Waals surface area contributed by atoms with Crippen LogP contribution in [-0.4, -0.2) is 56.2 Å². The summed E-state index contributed by atoms with van der Waals surface area (Å²) in [4.78, 5) is 16.8. The van der Waals surface area contributed by atoms with Gasteiger partial charge in [0.15, 0.2) is 0 Å². The fourth-order valence-corrected chi connectivity index (χ4v) is 4.16. The van der Waals surface area contributed by atoms with E-state index < -0.39 is 0 Å². The van der Waals surface area contributed by atoms with Crippen molar-refractivity contribution in [1.29, 1.82) is 0 Å². The van der Waals surface area contributed by atoms with Crippen LogP contribution in [0.5, 0.6) is 0 Å². The predicted octanol–water partition coefficient (Wildman–Crippen LogP) is 3.22. The molecule has 0 aromatic heterocycles. The minimum atomic E-state index is -0.206. The number of urea groups is 1. The molecule has 1 aromatic carbocycles. The van der Waals surface area contributed by atoms with E-state index in [-0.39, 0.29) is 11.8 Å². The molecule has 2 N–H and O–H groups in total. The number of nitrogens with one attached hydrogen (secondary N) is 2. The number of halogens is 1. The van der Waals surface area contributed by atoms with Crippen molar-refractivity contribution < 1.29 is 9.18 Å². The molecule has 2 aliphatic rings. The zero-order valence-corrected chi connectivity index (χ0v) is 16.4. The maximum Gasteiger partial charge on any atom is 0.314 e. The van der Waals surface area contributed by atoms with Crippen LogP contribution in [0.4, 0.5) is 14.9 Å². The van der Waals surface area contributed by atoms with Gasteiger partial charge in [-0.3, -0.25) is 0 Å². The first-order valence-electron chi connectivity index (χ1n) is 10.4. The Morgan fingerprint density at radius 2 is 1.96 bits per heavy atom. The Morgan fingerprint density at radius 3 is 2.74 bits per heavy atom. The van der Waals surface area contributed by atoms with Crippen LogP contribution < -0.4 is 15.5 Å². The van der Waals surface area contributed by atoms with Crippen molar-refractivity contribution in [3.8, 4) is 0 Å². The van der Waals surface area contributed by atoms with Crippen molar-refractivity contribution in [3.05, 3.63) is 30.1 Å². The molecule has 2 amide bonds. The van der Waals surface area contributed by atoms with Gasteiger partial charge in [0.1, 0.15) is 5.82 Å². The smallest absolute Gasteiger partial charge is 0.314 e. The van der Waals surface area contributed by atoms with Gasteiger partial charge >= 0.3 is 6.03 Å². The van der Waals surface area contributed by atoms with Crippen LogP contribution in [0, 0.1) is 11.7 Å². The van der Waals surface area contributed by atoms with Crippen LogP contribution in [0.1, 0.15) is 39.0 Å². The molecule has 0 unspecified atom stereocenters. The maximum absolute atomic E-state index is 13.0. The molecule has 150 valence electrons. The van der Waals surface area contributed by atoms with E-state index in [4.69, 9.17) is 0 Å². The first kappa shape index (κ1) is 19.9. The van der Waals surface area contributed by atoms with Gasteiger partial charge in [-0.25, -0.2) is 9.18 Å². The van der Waals surface area contributed by atoms with Crippen molar-refractivity contribution >= 4 is 11.7 Å². The average Bonchev–Trinajstić information content (AvgIpc) is 3.14. The van der Waals surface area contributed by atoms with E-state index in [1.54, 1.807) is 0 Å². The number of hydrogen-bond donors (Lipinski definition) is 2. The topological polar surface area (TPSA) is 47.6 Å². The molecule has 0 saturated carbocycles. The number of benzene rings is 1. The van der Waals surface area contributed by atoms with E-state index in [2.05, 4.69) is 27.4 Å². The summed E-state index contributed by atoms with van der Waals surface area (Å²) in [6, 6.07) is 7.25. The van der Waals surface area contributed by atoms with Crippen LogP contribution in [-0.2, 0) is 0 Å². The van der Waals surface area contributed by atoms with Crippen LogP contribution in [0.2, 0.25) is 0 Å². The molecular formula is C21H33FN4O. The molecule has 2 atom stereocenters. The Balaban J connectivity index is 1.27. The Bertz CT molecular complexity index is 594. The predicted molar refractivity (Wildman–Crippen MR) is 108 cm³/mol. The fourth-order valence-electron chi connectivity index (χ4n) is 4.16. The quantitative estimate of drug-likeness (QED) is 0.719. The van der Waals surface area contributed by atoms with Crippen LogP contribution in [0.3, 0.4) is 0 Å². The molecule has 1 aromatic rings.